The van der Waals surface area contributed by atoms with Gasteiger partial charge in [-0.25, -0.2) is 0 Å². The molecule has 3 nitrogen and oxygen atoms in total. The number of thioether (sulfide) groups is 1. The molecule has 1 heterocycles. The summed E-state index contributed by atoms with van der Waals surface area (Å²) in [5.74, 6) is 1.67. The van der Waals surface area contributed by atoms with Crippen LogP contribution in [0.25, 0.3) is 0 Å². The highest BCUT2D eigenvalue weighted by Crippen LogP contribution is 2.06. The maximum absolute atomic E-state index is 10.6. The minimum Gasteiger partial charge on any atom is -0.351 e. The highest BCUT2D eigenvalue weighted by Gasteiger charge is 2.15. The van der Waals surface area contributed by atoms with Crippen molar-refractivity contribution in [1.29, 1.82) is 0 Å². The monoisotopic (exact) mass is 146 g/mol. The lowest BCUT2D eigenvalue weighted by atomic mass is 10.3. The van der Waals surface area contributed by atoms with Crippen LogP contribution in [0.4, 0.5) is 0 Å². The van der Waals surface area contributed by atoms with Gasteiger partial charge in [0.15, 0.2) is 0 Å². The molecule has 3 N–H and O–H groups in total. The third-order valence-electron chi connectivity index (χ3n) is 1.20. The average Bonchev–Trinajstić information content (AvgIpc) is 1.88. The van der Waals surface area contributed by atoms with E-state index >= 15 is 0 Å². The number of nitrogens with one attached hydrogen (secondary N) is 1. The van der Waals surface area contributed by atoms with E-state index in [0.717, 1.165) is 5.75 Å². The summed E-state index contributed by atoms with van der Waals surface area (Å²) >= 11 is 1.64. The molecule has 9 heavy (non-hydrogen) atoms. The number of nitrogens with two attached hydrogens (primary N) is 1. The van der Waals surface area contributed by atoms with Crippen LogP contribution < -0.4 is 11.1 Å². The normalized spacial score (nSPS) is 27.7. The first-order valence-corrected chi connectivity index (χ1v) is 4.05. The van der Waals surface area contributed by atoms with E-state index in [2.05, 4.69) is 5.32 Å². The van der Waals surface area contributed by atoms with Crippen LogP contribution in [-0.2, 0) is 4.79 Å². The predicted octanol–water partition coefficient (Wildman–Crippen LogP) is -0.823. The molecule has 1 aliphatic heterocycles. The van der Waals surface area contributed by atoms with E-state index in [4.69, 9.17) is 5.73 Å². The van der Waals surface area contributed by atoms with Gasteiger partial charge in [-0.05, 0) is 0 Å². The number of amides is 1. The van der Waals surface area contributed by atoms with Crippen molar-refractivity contribution in [2.75, 3.05) is 18.1 Å². The summed E-state index contributed by atoms with van der Waals surface area (Å²) in [5.41, 5.74) is 5.34. The number of rotatable bonds is 1. The van der Waals surface area contributed by atoms with Crippen molar-refractivity contribution in [3.05, 3.63) is 0 Å². The summed E-state index contributed by atoms with van der Waals surface area (Å²) < 4.78 is 0. The van der Waals surface area contributed by atoms with Crippen LogP contribution >= 0.6 is 11.8 Å². The molecule has 1 amide bonds. The molecule has 0 aromatic rings. The van der Waals surface area contributed by atoms with Gasteiger partial charge in [-0.15, -0.1) is 11.8 Å². The highest BCUT2D eigenvalue weighted by molar-refractivity contribution is 8.00. The fourth-order valence-electron chi connectivity index (χ4n) is 0.732. The Bertz CT molecular complexity index is 118. The van der Waals surface area contributed by atoms with Crippen molar-refractivity contribution >= 4 is 17.7 Å². The largest absolute Gasteiger partial charge is 0.351 e. The molecule has 1 unspecified atom stereocenters. The molecule has 1 aliphatic rings. The molecule has 1 fully saturated rings. The predicted molar refractivity (Wildman–Crippen MR) is 38.3 cm³/mol. The number of carbonyl (C=O) groups is 1. The Balaban J connectivity index is 2.32. The van der Waals surface area contributed by atoms with Gasteiger partial charge in [0.25, 0.3) is 0 Å². The Morgan fingerprint density at radius 3 is 3.11 bits per heavy atom. The van der Waals surface area contributed by atoms with Gasteiger partial charge in [0.1, 0.15) is 0 Å². The molecule has 0 radical (unpaired) electrons. The highest BCUT2D eigenvalue weighted by atomic mass is 32.2. The van der Waals surface area contributed by atoms with Crippen LogP contribution in [0.3, 0.4) is 0 Å². The van der Waals surface area contributed by atoms with Crippen LogP contribution in [0.5, 0.6) is 0 Å². The van der Waals surface area contributed by atoms with Crippen molar-refractivity contribution in [2.45, 2.75) is 6.04 Å². The first-order chi connectivity index (χ1) is 4.33. The van der Waals surface area contributed by atoms with E-state index < -0.39 is 0 Å². The summed E-state index contributed by atoms with van der Waals surface area (Å²) in [5, 5.41) is 2.78. The quantitative estimate of drug-likeness (QED) is 0.508. The van der Waals surface area contributed by atoms with E-state index in [-0.39, 0.29) is 11.9 Å². The molecule has 52 valence electrons. The fraction of sp³-hybridized carbons (Fsp3) is 0.800. The van der Waals surface area contributed by atoms with Gasteiger partial charge < -0.3 is 11.1 Å². The van der Waals surface area contributed by atoms with Gasteiger partial charge in [-0.2, -0.15) is 0 Å². The van der Waals surface area contributed by atoms with Gasteiger partial charge in [-0.1, -0.05) is 0 Å². The Kier molecular flexibility index (Phi) is 2.36. The molecule has 0 saturated carbocycles. The van der Waals surface area contributed by atoms with E-state index in [0.29, 0.717) is 12.3 Å². The lowest BCUT2D eigenvalue weighted by molar-refractivity contribution is -0.119. The van der Waals surface area contributed by atoms with Crippen molar-refractivity contribution in [3.8, 4) is 0 Å². The van der Waals surface area contributed by atoms with Crippen molar-refractivity contribution in [2.24, 2.45) is 5.73 Å². The minimum atomic E-state index is 0.113. The summed E-state index contributed by atoms with van der Waals surface area (Å²) in [4.78, 5) is 10.6. The van der Waals surface area contributed by atoms with E-state index in [1.165, 1.54) is 0 Å². The van der Waals surface area contributed by atoms with Gasteiger partial charge in [0.05, 0.1) is 11.8 Å². The average molecular weight is 146 g/mol. The molecular formula is C5H10N2OS. The Morgan fingerprint density at radius 1 is 1.89 bits per heavy atom. The summed E-state index contributed by atoms with van der Waals surface area (Å²) in [7, 11) is 0. The summed E-state index contributed by atoms with van der Waals surface area (Å²) in [6.45, 7) is 0.554. The van der Waals surface area contributed by atoms with Crippen LogP contribution in [0.15, 0.2) is 0 Å². The van der Waals surface area contributed by atoms with Gasteiger partial charge in [0.2, 0.25) is 5.91 Å². The van der Waals surface area contributed by atoms with Gasteiger partial charge in [0, 0.05) is 12.3 Å². The van der Waals surface area contributed by atoms with Crippen molar-refractivity contribution in [3.63, 3.8) is 0 Å². The van der Waals surface area contributed by atoms with Crippen LogP contribution in [0.2, 0.25) is 0 Å². The van der Waals surface area contributed by atoms with Crippen LogP contribution in [-0.4, -0.2) is 30.0 Å². The molecule has 1 saturated heterocycles. The molecule has 4 heteroatoms. The number of carbonyl (C=O) groups excluding carboxylic acids is 1. The topological polar surface area (TPSA) is 55.1 Å². The second-order valence-corrected chi connectivity index (χ2v) is 3.05. The summed E-state index contributed by atoms with van der Waals surface area (Å²) in [6.07, 6.45) is 0. The third kappa shape index (κ3) is 1.87. The zero-order chi connectivity index (χ0) is 6.69. The maximum atomic E-state index is 10.6. The first-order valence-electron chi connectivity index (χ1n) is 2.90. The molecule has 0 bridgehead atoms. The molecule has 1 rings (SSSR count). The molecule has 0 aromatic heterocycles. The Morgan fingerprint density at radius 2 is 2.67 bits per heavy atom. The zero-order valence-electron chi connectivity index (χ0n) is 5.09. The Labute approximate surface area is 58.4 Å². The fourth-order valence-corrected chi connectivity index (χ4v) is 1.62. The number of hydrogen-bond acceptors (Lipinski definition) is 3. The molecule has 0 aliphatic carbocycles. The lowest BCUT2D eigenvalue weighted by Crippen LogP contribution is -2.46. The SMILES string of the molecule is NCC1CSCC(=O)N1. The molecule has 0 spiro atoms. The first kappa shape index (κ1) is 6.89. The maximum Gasteiger partial charge on any atom is 0.230 e. The Hall–Kier alpha value is -0.220. The zero-order valence-corrected chi connectivity index (χ0v) is 5.91. The van der Waals surface area contributed by atoms with Gasteiger partial charge >= 0.3 is 0 Å². The van der Waals surface area contributed by atoms with E-state index in [1.807, 2.05) is 0 Å². The lowest BCUT2D eigenvalue weighted by Gasteiger charge is -2.20. The molecular weight excluding hydrogens is 136 g/mol. The van der Waals surface area contributed by atoms with Crippen molar-refractivity contribution in [1.82, 2.24) is 5.32 Å². The second-order valence-electron chi connectivity index (χ2n) is 2.02. The molecule has 1 atom stereocenters. The van der Waals surface area contributed by atoms with E-state index in [9.17, 15) is 4.79 Å². The minimum absolute atomic E-state index is 0.113. The van der Waals surface area contributed by atoms with E-state index in [1.54, 1.807) is 11.8 Å². The van der Waals surface area contributed by atoms with Crippen molar-refractivity contribution < 1.29 is 4.79 Å². The summed E-state index contributed by atoms with van der Waals surface area (Å²) in [6, 6.07) is 0.205. The standard InChI is InChI=1S/C5H10N2OS/c6-1-4-2-9-3-5(8)7-4/h4H,1-3,6H2,(H,7,8). The second kappa shape index (κ2) is 3.08. The van der Waals surface area contributed by atoms with Gasteiger partial charge in [-0.3, -0.25) is 4.79 Å². The molecule has 0 aromatic carbocycles. The number of hydrogen-bond donors (Lipinski definition) is 2. The van der Waals surface area contributed by atoms with Crippen LogP contribution in [0, 0.1) is 0 Å². The van der Waals surface area contributed by atoms with Crippen LogP contribution in [0.1, 0.15) is 0 Å². The third-order valence-corrected chi connectivity index (χ3v) is 2.31. The smallest absolute Gasteiger partial charge is 0.230 e.